The van der Waals surface area contributed by atoms with Gasteiger partial charge in [-0.15, -0.1) is 0 Å². The Morgan fingerprint density at radius 2 is 1.61 bits per heavy atom. The van der Waals surface area contributed by atoms with Crippen molar-refractivity contribution in [1.29, 1.82) is 0 Å². The first-order valence-corrected chi connectivity index (χ1v) is 16.0. The maximum atomic E-state index is 14.3. The molecule has 0 spiro atoms. The molecule has 0 radical (unpaired) electrons. The van der Waals surface area contributed by atoms with Crippen LogP contribution >= 0.6 is 0 Å². The summed E-state index contributed by atoms with van der Waals surface area (Å²) >= 11 is 0. The summed E-state index contributed by atoms with van der Waals surface area (Å²) in [6, 6.07) is 25.0. The van der Waals surface area contributed by atoms with Crippen LogP contribution in [0.3, 0.4) is 0 Å². The molecule has 2 amide bonds. The van der Waals surface area contributed by atoms with Crippen molar-refractivity contribution < 1.29 is 27.6 Å². The average molecular weight is 640 g/mol. The fourth-order valence-electron chi connectivity index (χ4n) is 5.43. The highest BCUT2D eigenvalue weighted by atomic mass is 32.2. The monoisotopic (exact) mass is 639 g/mol. The van der Waals surface area contributed by atoms with Crippen LogP contribution < -0.4 is 19.8 Å². The number of Topliss-reactive ketones (excluding diaryl/α,β-unsaturated/α-hetero) is 1. The van der Waals surface area contributed by atoms with Crippen LogP contribution in [0, 0.1) is 0 Å². The normalized spacial score (nSPS) is 15.4. The Labute approximate surface area is 267 Å². The molecular weight excluding hydrogens is 606 g/mol. The van der Waals surface area contributed by atoms with E-state index in [9.17, 15) is 27.6 Å². The third kappa shape index (κ3) is 6.72. The minimum atomic E-state index is -4.37. The number of anilines is 2. The van der Waals surface area contributed by atoms with Crippen molar-refractivity contribution in [3.63, 3.8) is 0 Å². The molecule has 2 atom stereocenters. The van der Waals surface area contributed by atoms with E-state index in [1.165, 1.54) is 13.0 Å². The Morgan fingerprint density at radius 3 is 2.30 bits per heavy atom. The van der Waals surface area contributed by atoms with E-state index in [1.807, 2.05) is 37.2 Å². The van der Waals surface area contributed by atoms with Crippen molar-refractivity contribution in [2.75, 3.05) is 30.4 Å². The summed E-state index contributed by atoms with van der Waals surface area (Å²) in [5.41, 5.74) is 2.60. The van der Waals surface area contributed by atoms with E-state index in [-0.39, 0.29) is 17.1 Å². The van der Waals surface area contributed by atoms with Gasteiger partial charge in [0.25, 0.3) is 5.91 Å². The van der Waals surface area contributed by atoms with Crippen LogP contribution in [0.4, 0.5) is 11.4 Å². The van der Waals surface area contributed by atoms with Crippen LogP contribution in [0.25, 0.3) is 10.8 Å². The van der Waals surface area contributed by atoms with Crippen LogP contribution in [0.5, 0.6) is 0 Å². The quantitative estimate of drug-likeness (QED) is 0.240. The van der Waals surface area contributed by atoms with E-state index in [0.717, 1.165) is 10.6 Å². The number of nitrogens with zero attached hydrogens (tertiary/aromatic N) is 3. The first-order chi connectivity index (χ1) is 22.0. The van der Waals surface area contributed by atoms with Gasteiger partial charge in [0.05, 0.1) is 22.3 Å². The summed E-state index contributed by atoms with van der Waals surface area (Å²) in [5.74, 6) is -1.81. The molecule has 1 heterocycles. The second-order valence-electron chi connectivity index (χ2n) is 11.0. The second kappa shape index (κ2) is 13.4. The van der Waals surface area contributed by atoms with Crippen molar-refractivity contribution in [2.45, 2.75) is 30.4 Å². The van der Waals surface area contributed by atoms with Crippen LogP contribution in [-0.4, -0.2) is 70.9 Å². The van der Waals surface area contributed by atoms with Gasteiger partial charge in [-0.1, -0.05) is 72.8 Å². The first kappa shape index (κ1) is 32.2. The minimum Gasteiger partial charge on any atom is -0.377 e. The van der Waals surface area contributed by atoms with Gasteiger partial charge in [0.15, 0.2) is 6.17 Å². The maximum absolute atomic E-state index is 14.3. The Morgan fingerprint density at radius 1 is 0.935 bits per heavy atom. The average Bonchev–Trinajstić information content (AvgIpc) is 3.14. The van der Waals surface area contributed by atoms with Crippen molar-refractivity contribution in [3.05, 3.63) is 102 Å². The van der Waals surface area contributed by atoms with E-state index in [0.29, 0.717) is 39.6 Å². The number of para-hydroxylation sites is 1. The fourth-order valence-corrected chi connectivity index (χ4v) is 6.73. The number of ketones is 1. The summed E-state index contributed by atoms with van der Waals surface area (Å²) in [4.78, 5) is 58.2. The number of carbonyl (C=O) groups excluding carboxylic acids is 4. The van der Waals surface area contributed by atoms with Gasteiger partial charge in [-0.05, 0) is 25.1 Å². The van der Waals surface area contributed by atoms with Gasteiger partial charge in [-0.3, -0.25) is 24.3 Å². The molecule has 1 unspecified atom stereocenters. The van der Waals surface area contributed by atoms with Gasteiger partial charge in [-0.25, -0.2) is 8.42 Å². The van der Waals surface area contributed by atoms with Crippen LogP contribution in [0.15, 0.2) is 101 Å². The lowest BCUT2D eigenvalue weighted by atomic mass is 10.0. The summed E-state index contributed by atoms with van der Waals surface area (Å²) in [7, 11) is -0.648. The molecule has 4 aromatic rings. The summed E-state index contributed by atoms with van der Waals surface area (Å²) in [6.45, 7) is 0.738. The lowest BCUT2D eigenvalue weighted by Crippen LogP contribution is -2.51. The van der Waals surface area contributed by atoms with Crippen molar-refractivity contribution in [3.8, 4) is 0 Å². The van der Waals surface area contributed by atoms with E-state index < -0.39 is 40.6 Å². The van der Waals surface area contributed by atoms with Crippen LogP contribution in [-0.2, 0) is 29.2 Å². The first-order valence-electron chi connectivity index (χ1n) is 14.5. The number of aldehydes is 1. The Kier molecular flexibility index (Phi) is 9.40. The highest BCUT2D eigenvalue weighted by Gasteiger charge is 2.36. The van der Waals surface area contributed by atoms with E-state index in [2.05, 4.69) is 15.0 Å². The Hall–Kier alpha value is -5.20. The van der Waals surface area contributed by atoms with Crippen LogP contribution in [0.1, 0.15) is 24.5 Å². The topological polar surface area (TPSA) is 145 Å². The molecule has 1 aliphatic rings. The Balaban J connectivity index is 1.60. The van der Waals surface area contributed by atoms with Gasteiger partial charge >= 0.3 is 0 Å². The molecule has 46 heavy (non-hydrogen) atoms. The number of fused-ring (bicyclic) bond motifs is 2. The van der Waals surface area contributed by atoms with E-state index >= 15 is 0 Å². The number of sulfonamides is 1. The third-order valence-corrected chi connectivity index (χ3v) is 8.94. The van der Waals surface area contributed by atoms with Gasteiger partial charge in [0.1, 0.15) is 18.6 Å². The van der Waals surface area contributed by atoms with E-state index in [4.69, 9.17) is 0 Å². The fraction of sp³-hybridized carbons (Fsp3) is 0.206. The number of nitrogens with one attached hydrogen (secondary N) is 2. The number of benzodiazepines with no additional fused rings is 1. The number of hydrogen-bond donors (Lipinski definition) is 2. The molecule has 1 aliphatic heterocycles. The van der Waals surface area contributed by atoms with Gasteiger partial charge in [0.2, 0.25) is 15.9 Å². The lowest BCUT2D eigenvalue weighted by molar-refractivity contribution is -0.126. The minimum absolute atomic E-state index is 0.0397. The van der Waals surface area contributed by atoms with E-state index in [1.54, 1.807) is 66.7 Å². The number of aliphatic imine (C=N–C) groups is 1. The van der Waals surface area contributed by atoms with Gasteiger partial charge in [-0.2, -0.15) is 4.72 Å². The molecular formula is C34H33N5O6S. The van der Waals surface area contributed by atoms with Crippen molar-refractivity contribution in [2.24, 2.45) is 4.99 Å². The van der Waals surface area contributed by atoms with Gasteiger partial charge in [0, 0.05) is 48.1 Å². The summed E-state index contributed by atoms with van der Waals surface area (Å²) < 4.78 is 30.6. The lowest BCUT2D eigenvalue weighted by Gasteiger charge is -2.25. The highest BCUT2D eigenvalue weighted by molar-refractivity contribution is 7.89. The van der Waals surface area contributed by atoms with Crippen molar-refractivity contribution >= 4 is 61.8 Å². The van der Waals surface area contributed by atoms with Crippen LogP contribution in [0.2, 0.25) is 0 Å². The molecule has 0 saturated carbocycles. The molecule has 0 aliphatic carbocycles. The molecule has 0 fully saturated rings. The predicted octanol–water partition coefficient (Wildman–Crippen LogP) is 3.06. The number of carbonyl (C=O) groups is 4. The number of amides is 2. The molecule has 236 valence electrons. The molecule has 2 N–H and O–H groups in total. The highest BCUT2D eigenvalue weighted by Crippen LogP contribution is 2.32. The zero-order chi connectivity index (χ0) is 33.0. The number of benzene rings is 4. The molecule has 0 bridgehead atoms. The number of hydrogen-bond acceptors (Lipinski definition) is 8. The second-order valence-corrected chi connectivity index (χ2v) is 12.7. The zero-order valence-electron chi connectivity index (χ0n) is 25.5. The smallest absolute Gasteiger partial charge is 0.268 e. The third-order valence-electron chi connectivity index (χ3n) is 7.47. The SMILES string of the molecule is CC(=O)C[C@@H](C=O)NC(=O)CN1C(=O)C(NS(=O)(=O)c2cccc3c(N(C)C)cccc23)N=C(c2ccccc2)c2ccccc21. The summed E-state index contributed by atoms with van der Waals surface area (Å²) in [5, 5.41) is 3.65. The van der Waals surface area contributed by atoms with Gasteiger partial charge < -0.3 is 15.0 Å². The maximum Gasteiger partial charge on any atom is 0.268 e. The molecule has 0 aromatic heterocycles. The molecule has 11 nitrogen and oxygen atoms in total. The zero-order valence-corrected chi connectivity index (χ0v) is 26.3. The molecule has 4 aromatic carbocycles. The molecule has 0 saturated heterocycles. The Bertz CT molecular complexity index is 1960. The largest absolute Gasteiger partial charge is 0.377 e. The molecule has 12 heteroatoms. The standard InChI is InChI=1S/C34H33N5O6S/c1-22(41)19-24(21-40)35-31(42)20-39-29-16-8-7-13-27(29)32(23-11-5-4-6-12-23)36-33(34(39)43)37-46(44,45)30-18-10-14-25-26(30)15-9-17-28(25)38(2)3/h4-18,21,24,33,37H,19-20H2,1-3H3,(H,35,42)/t24-,33?/m0/s1. The number of rotatable bonds is 11. The summed E-state index contributed by atoms with van der Waals surface area (Å²) in [6.07, 6.45) is -1.41. The van der Waals surface area contributed by atoms with Crippen molar-refractivity contribution in [1.82, 2.24) is 10.0 Å². The predicted molar refractivity (Wildman–Crippen MR) is 177 cm³/mol. The molecule has 5 rings (SSSR count).